The van der Waals surface area contributed by atoms with Gasteiger partial charge < -0.3 is 4.74 Å². The van der Waals surface area contributed by atoms with Gasteiger partial charge in [-0.15, -0.1) is 0 Å². The van der Waals surface area contributed by atoms with Crippen molar-refractivity contribution in [3.63, 3.8) is 0 Å². The Hall–Kier alpha value is -2.18. The summed E-state index contributed by atoms with van der Waals surface area (Å²) in [6, 6.07) is 15.6. The van der Waals surface area contributed by atoms with Crippen LogP contribution in [0.15, 0.2) is 59.5 Å². The molecule has 0 saturated carbocycles. The van der Waals surface area contributed by atoms with E-state index in [9.17, 15) is 13.2 Å². The van der Waals surface area contributed by atoms with Crippen LogP contribution < -0.4 is 0 Å². The highest BCUT2D eigenvalue weighted by Crippen LogP contribution is 2.43. The van der Waals surface area contributed by atoms with Crippen LogP contribution in [0.3, 0.4) is 0 Å². The zero-order chi connectivity index (χ0) is 16.8. The summed E-state index contributed by atoms with van der Waals surface area (Å²) in [6.07, 6.45) is 1.28. The predicted molar refractivity (Wildman–Crippen MR) is 88.0 cm³/mol. The van der Waals surface area contributed by atoms with E-state index in [1.165, 1.54) is 4.31 Å². The molecule has 4 rings (SSSR count). The minimum Gasteiger partial charge on any atom is -0.449 e. The first-order valence-electron chi connectivity index (χ1n) is 7.91. The molecular formula is C18H17NO4S. The Morgan fingerprint density at radius 2 is 1.71 bits per heavy atom. The van der Waals surface area contributed by atoms with Gasteiger partial charge in [0.1, 0.15) is 0 Å². The molecule has 124 valence electrons. The van der Waals surface area contributed by atoms with Crippen LogP contribution in [0, 0.1) is 0 Å². The standard InChI is InChI=1S/C18H17NO4S/c20-17-15-9-4-5-10-16(15)18(23-17)11-6-12-19(13-18)24(21,22)14-7-2-1-3-8-14/h1-5,7-10H,6,11-13H2. The summed E-state index contributed by atoms with van der Waals surface area (Å²) in [5.41, 5.74) is 0.466. The van der Waals surface area contributed by atoms with Crippen LogP contribution in [0.1, 0.15) is 28.8 Å². The molecule has 5 nitrogen and oxygen atoms in total. The van der Waals surface area contributed by atoms with Crippen molar-refractivity contribution in [2.24, 2.45) is 0 Å². The van der Waals surface area contributed by atoms with Gasteiger partial charge in [-0.05, 0) is 31.0 Å². The van der Waals surface area contributed by atoms with Crippen molar-refractivity contribution in [1.82, 2.24) is 4.31 Å². The molecule has 0 aliphatic carbocycles. The fourth-order valence-corrected chi connectivity index (χ4v) is 5.13. The van der Waals surface area contributed by atoms with E-state index in [0.717, 1.165) is 5.56 Å². The third-order valence-corrected chi connectivity index (χ3v) is 6.59. The molecule has 2 aliphatic rings. The first-order valence-corrected chi connectivity index (χ1v) is 9.35. The van der Waals surface area contributed by atoms with Crippen molar-refractivity contribution in [3.8, 4) is 0 Å². The number of nitrogens with zero attached hydrogens (tertiary/aromatic N) is 1. The summed E-state index contributed by atoms with van der Waals surface area (Å²) >= 11 is 0. The van der Waals surface area contributed by atoms with E-state index in [0.29, 0.717) is 24.9 Å². The molecule has 1 atom stereocenters. The van der Waals surface area contributed by atoms with Crippen LogP contribution in [-0.2, 0) is 20.4 Å². The number of esters is 1. The second-order valence-corrected chi connectivity index (χ2v) is 8.12. The number of benzene rings is 2. The largest absolute Gasteiger partial charge is 0.449 e. The summed E-state index contributed by atoms with van der Waals surface area (Å²) in [7, 11) is -3.60. The van der Waals surface area contributed by atoms with Crippen LogP contribution in [-0.4, -0.2) is 31.8 Å². The third kappa shape index (κ3) is 2.25. The normalized spacial score (nSPS) is 23.9. The molecule has 6 heteroatoms. The van der Waals surface area contributed by atoms with E-state index in [4.69, 9.17) is 4.74 Å². The Kier molecular flexibility index (Phi) is 3.47. The van der Waals surface area contributed by atoms with Crippen molar-refractivity contribution in [2.75, 3.05) is 13.1 Å². The highest BCUT2D eigenvalue weighted by atomic mass is 32.2. The lowest BCUT2D eigenvalue weighted by atomic mass is 9.86. The lowest BCUT2D eigenvalue weighted by Crippen LogP contribution is -2.48. The van der Waals surface area contributed by atoms with Gasteiger partial charge in [-0.1, -0.05) is 36.4 Å². The fourth-order valence-electron chi connectivity index (χ4n) is 3.58. The maximum Gasteiger partial charge on any atom is 0.339 e. The van der Waals surface area contributed by atoms with E-state index >= 15 is 0 Å². The first kappa shape index (κ1) is 15.4. The van der Waals surface area contributed by atoms with E-state index < -0.39 is 15.6 Å². The van der Waals surface area contributed by atoms with Crippen LogP contribution in [0.5, 0.6) is 0 Å². The zero-order valence-electron chi connectivity index (χ0n) is 13.0. The second-order valence-electron chi connectivity index (χ2n) is 6.18. The second kappa shape index (κ2) is 5.43. The van der Waals surface area contributed by atoms with Crippen LogP contribution in [0.25, 0.3) is 0 Å². The molecule has 1 spiro atoms. The van der Waals surface area contributed by atoms with Crippen LogP contribution >= 0.6 is 0 Å². The number of ether oxygens (including phenoxy) is 1. The highest BCUT2D eigenvalue weighted by Gasteiger charge is 2.50. The van der Waals surface area contributed by atoms with Crippen LogP contribution in [0.2, 0.25) is 0 Å². The molecule has 1 saturated heterocycles. The Morgan fingerprint density at radius 1 is 1.00 bits per heavy atom. The molecule has 2 aliphatic heterocycles. The number of rotatable bonds is 2. The fraction of sp³-hybridized carbons (Fsp3) is 0.278. The highest BCUT2D eigenvalue weighted by molar-refractivity contribution is 7.89. The van der Waals surface area contributed by atoms with Crippen molar-refractivity contribution in [1.29, 1.82) is 0 Å². The monoisotopic (exact) mass is 343 g/mol. The van der Waals surface area contributed by atoms with Crippen molar-refractivity contribution < 1.29 is 17.9 Å². The van der Waals surface area contributed by atoms with Gasteiger partial charge >= 0.3 is 5.97 Å². The number of sulfonamides is 1. The number of carbonyl (C=O) groups is 1. The molecule has 0 N–H and O–H groups in total. The number of hydrogen-bond acceptors (Lipinski definition) is 4. The summed E-state index contributed by atoms with van der Waals surface area (Å²) in [4.78, 5) is 12.4. The minimum absolute atomic E-state index is 0.160. The van der Waals surface area contributed by atoms with Gasteiger partial charge in [0.15, 0.2) is 5.60 Å². The van der Waals surface area contributed by atoms with Gasteiger partial charge in [-0.2, -0.15) is 4.31 Å². The summed E-state index contributed by atoms with van der Waals surface area (Å²) in [5, 5.41) is 0. The number of piperidine rings is 1. The topological polar surface area (TPSA) is 63.7 Å². The van der Waals surface area contributed by atoms with E-state index in [2.05, 4.69) is 0 Å². The van der Waals surface area contributed by atoms with E-state index in [1.54, 1.807) is 42.5 Å². The van der Waals surface area contributed by atoms with E-state index in [1.807, 2.05) is 12.1 Å². The SMILES string of the molecule is O=C1OC2(CCCN(S(=O)(=O)c3ccccc3)C2)c2ccccc21. The molecule has 2 aromatic rings. The van der Waals surface area contributed by atoms with Gasteiger partial charge in [0.05, 0.1) is 17.0 Å². The average Bonchev–Trinajstić information content (AvgIpc) is 2.88. The predicted octanol–water partition coefficient (Wildman–Crippen LogP) is 2.54. The van der Waals surface area contributed by atoms with Gasteiger partial charge in [0.25, 0.3) is 0 Å². The van der Waals surface area contributed by atoms with Crippen molar-refractivity contribution >= 4 is 16.0 Å². The Morgan fingerprint density at radius 3 is 2.50 bits per heavy atom. The van der Waals surface area contributed by atoms with E-state index in [-0.39, 0.29) is 17.4 Å². The molecule has 0 aromatic heterocycles. The first-order chi connectivity index (χ1) is 11.5. The maximum atomic E-state index is 12.9. The number of carbonyl (C=O) groups excluding carboxylic acids is 1. The van der Waals surface area contributed by atoms with Gasteiger partial charge in [0.2, 0.25) is 10.0 Å². The third-order valence-electron chi connectivity index (χ3n) is 4.73. The average molecular weight is 343 g/mol. The molecule has 1 fully saturated rings. The quantitative estimate of drug-likeness (QED) is 0.786. The summed E-state index contributed by atoms with van der Waals surface area (Å²) < 4.78 is 32.9. The molecule has 1 unspecified atom stereocenters. The lowest BCUT2D eigenvalue weighted by molar-refractivity contribution is -0.0345. The van der Waals surface area contributed by atoms with Gasteiger partial charge in [0, 0.05) is 12.1 Å². The lowest BCUT2D eigenvalue weighted by Gasteiger charge is -2.38. The summed E-state index contributed by atoms with van der Waals surface area (Å²) in [5.74, 6) is -0.371. The molecule has 0 radical (unpaired) electrons. The maximum absolute atomic E-state index is 12.9. The smallest absolute Gasteiger partial charge is 0.339 e. The molecule has 0 bridgehead atoms. The molecular weight excluding hydrogens is 326 g/mol. The summed E-state index contributed by atoms with van der Waals surface area (Å²) in [6.45, 7) is 0.589. The molecule has 2 heterocycles. The molecule has 0 amide bonds. The van der Waals surface area contributed by atoms with Gasteiger partial charge in [-0.3, -0.25) is 0 Å². The zero-order valence-corrected chi connectivity index (χ0v) is 13.8. The molecule has 24 heavy (non-hydrogen) atoms. The Labute approximate surface area is 140 Å². The van der Waals surface area contributed by atoms with Gasteiger partial charge in [-0.25, -0.2) is 13.2 Å². The Balaban J connectivity index is 1.72. The Bertz CT molecular complexity index is 894. The minimum atomic E-state index is -3.60. The number of fused-ring (bicyclic) bond motifs is 2. The molecule has 2 aromatic carbocycles. The van der Waals surface area contributed by atoms with Crippen molar-refractivity contribution in [2.45, 2.75) is 23.3 Å². The number of hydrogen-bond donors (Lipinski definition) is 0. The van der Waals surface area contributed by atoms with Crippen molar-refractivity contribution in [3.05, 3.63) is 65.7 Å². The van der Waals surface area contributed by atoms with Crippen LogP contribution in [0.4, 0.5) is 0 Å².